The highest BCUT2D eigenvalue weighted by atomic mass is 16.5. The molecule has 2 atom stereocenters. The average Bonchev–Trinajstić information content (AvgIpc) is 2.51. The highest BCUT2D eigenvalue weighted by Gasteiger charge is 2.19. The van der Waals surface area contributed by atoms with E-state index in [1.54, 1.807) is 0 Å². The molecule has 0 aromatic heterocycles. The fourth-order valence-corrected chi connectivity index (χ4v) is 2.72. The van der Waals surface area contributed by atoms with Crippen LogP contribution in [0.5, 0.6) is 0 Å². The van der Waals surface area contributed by atoms with Crippen LogP contribution in [0.25, 0.3) is 0 Å². The van der Waals surface area contributed by atoms with Gasteiger partial charge in [-0.15, -0.1) is 0 Å². The van der Waals surface area contributed by atoms with E-state index in [9.17, 15) is 4.79 Å². The number of aryl methyl sites for hydroxylation is 1. The molecule has 4 nitrogen and oxygen atoms in total. The van der Waals surface area contributed by atoms with Crippen LogP contribution < -0.4 is 10.6 Å². The molecule has 1 heterocycles. The summed E-state index contributed by atoms with van der Waals surface area (Å²) in [7, 11) is 0. The first kappa shape index (κ1) is 15.8. The summed E-state index contributed by atoms with van der Waals surface area (Å²) in [5, 5.41) is 5.89. The maximum Gasteiger partial charge on any atom is 0.314 e. The number of rotatable bonds is 6. The fraction of sp³-hybridized carbons (Fsp3) is 0.588. The second-order valence-electron chi connectivity index (χ2n) is 5.80. The predicted octanol–water partition coefficient (Wildman–Crippen LogP) is 2.73. The molecule has 4 heteroatoms. The molecule has 2 amide bonds. The first-order valence-corrected chi connectivity index (χ1v) is 7.91. The highest BCUT2D eigenvalue weighted by molar-refractivity contribution is 5.73. The van der Waals surface area contributed by atoms with Gasteiger partial charge in [-0.1, -0.05) is 30.3 Å². The largest absolute Gasteiger partial charge is 0.378 e. The van der Waals surface area contributed by atoms with Gasteiger partial charge in [-0.25, -0.2) is 4.79 Å². The van der Waals surface area contributed by atoms with Crippen LogP contribution in [0.15, 0.2) is 30.3 Å². The van der Waals surface area contributed by atoms with E-state index in [1.807, 2.05) is 18.2 Å². The number of urea groups is 1. The van der Waals surface area contributed by atoms with Crippen LogP contribution in [0.3, 0.4) is 0 Å². The molecule has 0 radical (unpaired) electrons. The zero-order valence-corrected chi connectivity index (χ0v) is 12.8. The third-order valence-electron chi connectivity index (χ3n) is 3.92. The molecule has 0 unspecified atom stereocenters. The highest BCUT2D eigenvalue weighted by Crippen LogP contribution is 2.18. The number of amides is 2. The molecule has 0 saturated carbocycles. The first-order valence-electron chi connectivity index (χ1n) is 7.91. The SMILES string of the molecule is C[C@@H]1C[C@@H](CNC(=O)NCCCc2ccccc2)CCO1. The zero-order valence-electron chi connectivity index (χ0n) is 12.8. The Bertz CT molecular complexity index is 422. The Morgan fingerprint density at radius 2 is 2.10 bits per heavy atom. The molecule has 1 aliphatic heterocycles. The van der Waals surface area contributed by atoms with E-state index in [1.165, 1.54) is 5.56 Å². The van der Waals surface area contributed by atoms with Crippen LogP contribution in [0.4, 0.5) is 4.79 Å². The fourth-order valence-electron chi connectivity index (χ4n) is 2.72. The van der Waals surface area contributed by atoms with Crippen molar-refractivity contribution in [2.45, 2.75) is 38.7 Å². The van der Waals surface area contributed by atoms with Crippen molar-refractivity contribution in [2.24, 2.45) is 5.92 Å². The molecule has 0 aliphatic carbocycles. The number of benzene rings is 1. The molecule has 2 N–H and O–H groups in total. The number of carbonyl (C=O) groups is 1. The van der Waals surface area contributed by atoms with Crippen molar-refractivity contribution in [3.8, 4) is 0 Å². The van der Waals surface area contributed by atoms with Gasteiger partial charge in [0, 0.05) is 19.7 Å². The summed E-state index contributed by atoms with van der Waals surface area (Å²) in [6.45, 7) is 4.37. The van der Waals surface area contributed by atoms with E-state index < -0.39 is 0 Å². The van der Waals surface area contributed by atoms with Crippen molar-refractivity contribution in [3.05, 3.63) is 35.9 Å². The van der Waals surface area contributed by atoms with E-state index in [0.717, 1.165) is 38.8 Å². The molecular formula is C17H26N2O2. The minimum Gasteiger partial charge on any atom is -0.378 e. The standard InChI is InChI=1S/C17H26N2O2/c1-14-12-16(9-11-21-14)13-19-17(20)18-10-5-8-15-6-3-2-4-7-15/h2-4,6-7,14,16H,5,8-13H2,1H3,(H2,18,19,20)/t14-,16+/m1/s1. The summed E-state index contributed by atoms with van der Waals surface area (Å²) < 4.78 is 5.51. The number of hydrogen-bond acceptors (Lipinski definition) is 2. The quantitative estimate of drug-likeness (QED) is 0.792. The van der Waals surface area contributed by atoms with E-state index in [4.69, 9.17) is 4.74 Å². The zero-order chi connectivity index (χ0) is 14.9. The topological polar surface area (TPSA) is 50.4 Å². The van der Waals surface area contributed by atoms with Gasteiger partial charge >= 0.3 is 6.03 Å². The number of nitrogens with one attached hydrogen (secondary N) is 2. The molecule has 1 aromatic rings. The molecule has 116 valence electrons. The van der Waals surface area contributed by atoms with Gasteiger partial charge in [0.15, 0.2) is 0 Å². The first-order chi connectivity index (χ1) is 10.2. The van der Waals surface area contributed by atoms with Crippen LogP contribution in [0.2, 0.25) is 0 Å². The van der Waals surface area contributed by atoms with Crippen LogP contribution in [-0.2, 0) is 11.2 Å². The van der Waals surface area contributed by atoms with Gasteiger partial charge in [-0.2, -0.15) is 0 Å². The molecule has 0 spiro atoms. The second-order valence-corrected chi connectivity index (χ2v) is 5.80. The van der Waals surface area contributed by atoms with Gasteiger partial charge in [0.1, 0.15) is 0 Å². The second kappa shape index (κ2) is 8.67. The Morgan fingerprint density at radius 3 is 2.86 bits per heavy atom. The van der Waals surface area contributed by atoms with Crippen molar-refractivity contribution < 1.29 is 9.53 Å². The van der Waals surface area contributed by atoms with Gasteiger partial charge in [0.05, 0.1) is 6.10 Å². The molecule has 2 rings (SSSR count). The summed E-state index contributed by atoms with van der Waals surface area (Å²) in [4.78, 5) is 11.7. The molecule has 21 heavy (non-hydrogen) atoms. The lowest BCUT2D eigenvalue weighted by atomic mass is 9.96. The molecular weight excluding hydrogens is 264 g/mol. The lowest BCUT2D eigenvalue weighted by Gasteiger charge is -2.27. The molecule has 1 fully saturated rings. The smallest absolute Gasteiger partial charge is 0.314 e. The van der Waals surface area contributed by atoms with E-state index in [2.05, 4.69) is 29.7 Å². The van der Waals surface area contributed by atoms with Crippen LogP contribution in [0.1, 0.15) is 31.7 Å². The lowest BCUT2D eigenvalue weighted by Crippen LogP contribution is -2.40. The van der Waals surface area contributed by atoms with Crippen molar-refractivity contribution in [3.63, 3.8) is 0 Å². The number of carbonyl (C=O) groups excluding carboxylic acids is 1. The van der Waals surface area contributed by atoms with Crippen molar-refractivity contribution in [1.82, 2.24) is 10.6 Å². The Morgan fingerprint density at radius 1 is 1.29 bits per heavy atom. The van der Waals surface area contributed by atoms with E-state index in [-0.39, 0.29) is 6.03 Å². The minimum atomic E-state index is -0.0535. The van der Waals surface area contributed by atoms with E-state index in [0.29, 0.717) is 18.6 Å². The third kappa shape index (κ3) is 6.17. The van der Waals surface area contributed by atoms with Gasteiger partial charge in [0.2, 0.25) is 0 Å². The summed E-state index contributed by atoms with van der Waals surface area (Å²) in [6, 6.07) is 10.3. The van der Waals surface area contributed by atoms with Crippen molar-refractivity contribution in [1.29, 1.82) is 0 Å². The number of hydrogen-bond donors (Lipinski definition) is 2. The summed E-state index contributed by atoms with van der Waals surface area (Å²) in [5.74, 6) is 0.545. The predicted molar refractivity (Wildman–Crippen MR) is 84.3 cm³/mol. The van der Waals surface area contributed by atoms with Crippen molar-refractivity contribution in [2.75, 3.05) is 19.7 Å². The monoisotopic (exact) mass is 290 g/mol. The molecule has 1 aliphatic rings. The third-order valence-corrected chi connectivity index (χ3v) is 3.92. The molecule has 1 saturated heterocycles. The van der Waals surface area contributed by atoms with Crippen LogP contribution in [0, 0.1) is 5.92 Å². The van der Waals surface area contributed by atoms with Crippen molar-refractivity contribution >= 4 is 6.03 Å². The summed E-state index contributed by atoms with van der Waals surface area (Å²) >= 11 is 0. The maximum absolute atomic E-state index is 11.7. The Balaban J connectivity index is 1.53. The number of ether oxygens (including phenoxy) is 1. The lowest BCUT2D eigenvalue weighted by molar-refractivity contribution is 0.00346. The van der Waals surface area contributed by atoms with Gasteiger partial charge in [0.25, 0.3) is 0 Å². The average molecular weight is 290 g/mol. The van der Waals surface area contributed by atoms with Gasteiger partial charge < -0.3 is 15.4 Å². The van der Waals surface area contributed by atoms with Crippen LogP contribution in [-0.4, -0.2) is 31.8 Å². The molecule has 1 aromatic carbocycles. The minimum absolute atomic E-state index is 0.0535. The Hall–Kier alpha value is -1.55. The molecule has 0 bridgehead atoms. The van der Waals surface area contributed by atoms with Gasteiger partial charge in [-0.05, 0) is 44.1 Å². The van der Waals surface area contributed by atoms with Gasteiger partial charge in [-0.3, -0.25) is 0 Å². The summed E-state index contributed by atoms with van der Waals surface area (Å²) in [5.41, 5.74) is 1.32. The normalized spacial score (nSPS) is 21.8. The Kier molecular flexibility index (Phi) is 6.54. The van der Waals surface area contributed by atoms with E-state index >= 15 is 0 Å². The van der Waals surface area contributed by atoms with Crippen LogP contribution >= 0.6 is 0 Å². The maximum atomic E-state index is 11.7. The summed E-state index contributed by atoms with van der Waals surface area (Å²) in [6.07, 6.45) is 4.36. The Labute approximate surface area is 127 Å².